The molecule has 2 rings (SSSR count). The predicted octanol–water partition coefficient (Wildman–Crippen LogP) is 2.79. The molecule has 1 aromatic carbocycles. The first-order chi connectivity index (χ1) is 10.3. The standard InChI is InChI=1S/C15H15FN2O3S/c1-15(2,14(20)21)8-18-12(19)11-7-17-13(22-11)9-5-3-4-6-10(9)16/h3-7H,8H2,1-2H3,(H,18,19)(H,20,21). The monoisotopic (exact) mass is 322 g/mol. The molecular formula is C15H15FN2O3S. The van der Waals surface area contributed by atoms with Crippen LogP contribution in [0.3, 0.4) is 0 Å². The van der Waals surface area contributed by atoms with Crippen LogP contribution < -0.4 is 5.32 Å². The number of amides is 1. The third kappa shape index (κ3) is 3.48. The summed E-state index contributed by atoms with van der Waals surface area (Å²) >= 11 is 1.06. The number of carbonyl (C=O) groups is 2. The summed E-state index contributed by atoms with van der Waals surface area (Å²) in [6.45, 7) is 3.04. The highest BCUT2D eigenvalue weighted by Crippen LogP contribution is 2.27. The minimum Gasteiger partial charge on any atom is -0.481 e. The molecule has 0 radical (unpaired) electrons. The van der Waals surface area contributed by atoms with Gasteiger partial charge in [0.25, 0.3) is 5.91 Å². The molecule has 0 fully saturated rings. The van der Waals surface area contributed by atoms with E-state index in [0.29, 0.717) is 15.4 Å². The second kappa shape index (κ2) is 6.23. The number of carbonyl (C=O) groups excluding carboxylic acids is 1. The number of benzene rings is 1. The summed E-state index contributed by atoms with van der Waals surface area (Å²) in [7, 11) is 0. The van der Waals surface area contributed by atoms with Gasteiger partial charge in [-0.05, 0) is 26.0 Å². The minimum absolute atomic E-state index is 0.00586. The zero-order valence-corrected chi connectivity index (χ0v) is 12.9. The third-order valence-electron chi connectivity index (χ3n) is 3.10. The van der Waals surface area contributed by atoms with Gasteiger partial charge in [0.05, 0.1) is 11.6 Å². The largest absolute Gasteiger partial charge is 0.481 e. The van der Waals surface area contributed by atoms with Crippen LogP contribution in [0.1, 0.15) is 23.5 Å². The quantitative estimate of drug-likeness (QED) is 0.887. The highest BCUT2D eigenvalue weighted by molar-refractivity contribution is 7.16. The second-order valence-electron chi connectivity index (χ2n) is 5.38. The maximum Gasteiger partial charge on any atom is 0.310 e. The Labute approximate surface area is 130 Å². The molecule has 0 aliphatic rings. The fourth-order valence-electron chi connectivity index (χ4n) is 1.60. The molecule has 0 atom stereocenters. The van der Waals surface area contributed by atoms with Crippen LogP contribution >= 0.6 is 11.3 Å². The van der Waals surface area contributed by atoms with Crippen molar-refractivity contribution in [2.24, 2.45) is 5.41 Å². The first-order valence-electron chi connectivity index (χ1n) is 6.53. The SMILES string of the molecule is CC(C)(CNC(=O)c1cnc(-c2ccccc2F)s1)C(=O)O. The van der Waals surface area contributed by atoms with Gasteiger partial charge in [0, 0.05) is 12.1 Å². The molecule has 1 aromatic heterocycles. The van der Waals surface area contributed by atoms with Gasteiger partial charge in [0.1, 0.15) is 15.7 Å². The molecule has 5 nitrogen and oxygen atoms in total. The molecule has 0 aliphatic heterocycles. The van der Waals surface area contributed by atoms with Crippen molar-refractivity contribution in [2.45, 2.75) is 13.8 Å². The number of rotatable bonds is 5. The Hall–Kier alpha value is -2.28. The van der Waals surface area contributed by atoms with E-state index >= 15 is 0 Å². The molecule has 0 saturated carbocycles. The number of carboxylic acids is 1. The van der Waals surface area contributed by atoms with Crippen molar-refractivity contribution < 1.29 is 19.1 Å². The van der Waals surface area contributed by atoms with E-state index in [1.165, 1.54) is 26.1 Å². The van der Waals surface area contributed by atoms with Crippen molar-refractivity contribution >= 4 is 23.2 Å². The zero-order chi connectivity index (χ0) is 16.3. The second-order valence-corrected chi connectivity index (χ2v) is 6.41. The van der Waals surface area contributed by atoms with E-state index in [4.69, 9.17) is 5.11 Å². The molecule has 22 heavy (non-hydrogen) atoms. The number of halogens is 1. The Bertz CT molecular complexity index is 712. The lowest BCUT2D eigenvalue weighted by atomic mass is 9.94. The summed E-state index contributed by atoms with van der Waals surface area (Å²) in [6, 6.07) is 6.18. The lowest BCUT2D eigenvalue weighted by molar-refractivity contribution is -0.146. The van der Waals surface area contributed by atoms with Gasteiger partial charge in [0.15, 0.2) is 0 Å². The molecule has 2 aromatic rings. The average molecular weight is 322 g/mol. The summed E-state index contributed by atoms with van der Waals surface area (Å²) in [5.41, 5.74) is -0.730. The normalized spacial score (nSPS) is 11.2. The van der Waals surface area contributed by atoms with Gasteiger partial charge in [-0.25, -0.2) is 9.37 Å². The molecule has 1 heterocycles. The van der Waals surface area contributed by atoms with Gasteiger partial charge in [0.2, 0.25) is 0 Å². The number of aromatic nitrogens is 1. The predicted molar refractivity (Wildman–Crippen MR) is 81.3 cm³/mol. The Balaban J connectivity index is 2.10. The number of aliphatic carboxylic acids is 1. The van der Waals surface area contributed by atoms with Crippen LogP contribution in [-0.4, -0.2) is 28.5 Å². The fraction of sp³-hybridized carbons (Fsp3) is 0.267. The molecule has 1 amide bonds. The van der Waals surface area contributed by atoms with Gasteiger partial charge < -0.3 is 10.4 Å². The molecule has 0 spiro atoms. The average Bonchev–Trinajstić information content (AvgIpc) is 2.95. The van der Waals surface area contributed by atoms with E-state index in [2.05, 4.69) is 10.3 Å². The molecule has 116 valence electrons. The molecule has 0 bridgehead atoms. The number of nitrogens with one attached hydrogen (secondary N) is 1. The molecule has 0 unspecified atom stereocenters. The highest BCUT2D eigenvalue weighted by atomic mass is 32.1. The van der Waals surface area contributed by atoms with Gasteiger partial charge in [-0.3, -0.25) is 9.59 Å². The number of hydrogen-bond donors (Lipinski definition) is 2. The van der Waals surface area contributed by atoms with Crippen LogP contribution in [0.2, 0.25) is 0 Å². The fourth-order valence-corrected chi connectivity index (χ4v) is 2.46. The van der Waals surface area contributed by atoms with Gasteiger partial charge in [-0.1, -0.05) is 12.1 Å². The van der Waals surface area contributed by atoms with E-state index in [0.717, 1.165) is 11.3 Å². The molecule has 0 aliphatic carbocycles. The van der Waals surface area contributed by atoms with Crippen molar-refractivity contribution in [3.63, 3.8) is 0 Å². The lowest BCUT2D eigenvalue weighted by Crippen LogP contribution is -2.38. The molecule has 2 N–H and O–H groups in total. The Kier molecular flexibility index (Phi) is 4.56. The first-order valence-corrected chi connectivity index (χ1v) is 7.35. The molecular weight excluding hydrogens is 307 g/mol. The summed E-state index contributed by atoms with van der Waals surface area (Å²) in [6.07, 6.45) is 1.36. The number of carboxylic acid groups (broad SMARTS) is 1. The van der Waals surface area contributed by atoms with Gasteiger partial charge >= 0.3 is 5.97 Å². The zero-order valence-electron chi connectivity index (χ0n) is 12.1. The Morgan fingerprint density at radius 1 is 1.36 bits per heavy atom. The van der Waals surface area contributed by atoms with E-state index < -0.39 is 23.1 Å². The Morgan fingerprint density at radius 2 is 2.05 bits per heavy atom. The van der Waals surface area contributed by atoms with E-state index in [1.807, 2.05) is 0 Å². The van der Waals surface area contributed by atoms with Crippen LogP contribution in [0.25, 0.3) is 10.6 Å². The van der Waals surface area contributed by atoms with Crippen molar-refractivity contribution in [1.82, 2.24) is 10.3 Å². The van der Waals surface area contributed by atoms with Gasteiger partial charge in [-0.2, -0.15) is 0 Å². The highest BCUT2D eigenvalue weighted by Gasteiger charge is 2.28. The van der Waals surface area contributed by atoms with E-state index in [-0.39, 0.29) is 6.54 Å². The van der Waals surface area contributed by atoms with Crippen molar-refractivity contribution in [3.8, 4) is 10.6 Å². The summed E-state index contributed by atoms with van der Waals surface area (Å²) in [5, 5.41) is 12.0. The van der Waals surface area contributed by atoms with Crippen LogP contribution in [0.15, 0.2) is 30.5 Å². The van der Waals surface area contributed by atoms with Crippen LogP contribution in [0, 0.1) is 11.2 Å². The number of hydrogen-bond acceptors (Lipinski definition) is 4. The summed E-state index contributed by atoms with van der Waals surface area (Å²) in [4.78, 5) is 27.4. The molecule has 7 heteroatoms. The summed E-state index contributed by atoms with van der Waals surface area (Å²) < 4.78 is 13.7. The molecule has 0 saturated heterocycles. The van der Waals surface area contributed by atoms with Gasteiger partial charge in [-0.15, -0.1) is 11.3 Å². The minimum atomic E-state index is -1.06. The maximum absolute atomic E-state index is 13.7. The van der Waals surface area contributed by atoms with Crippen LogP contribution in [0.4, 0.5) is 4.39 Å². The van der Waals surface area contributed by atoms with Crippen LogP contribution in [-0.2, 0) is 4.79 Å². The number of nitrogens with zero attached hydrogens (tertiary/aromatic N) is 1. The van der Waals surface area contributed by atoms with Crippen LogP contribution in [0.5, 0.6) is 0 Å². The van der Waals surface area contributed by atoms with Crippen molar-refractivity contribution in [2.75, 3.05) is 6.54 Å². The van der Waals surface area contributed by atoms with Crippen molar-refractivity contribution in [3.05, 3.63) is 41.2 Å². The first kappa shape index (κ1) is 16.1. The Morgan fingerprint density at radius 3 is 2.68 bits per heavy atom. The van der Waals surface area contributed by atoms with E-state index in [9.17, 15) is 14.0 Å². The number of thiazole rings is 1. The maximum atomic E-state index is 13.7. The van der Waals surface area contributed by atoms with Crippen molar-refractivity contribution in [1.29, 1.82) is 0 Å². The smallest absolute Gasteiger partial charge is 0.310 e. The van der Waals surface area contributed by atoms with E-state index in [1.54, 1.807) is 18.2 Å². The third-order valence-corrected chi connectivity index (χ3v) is 4.13. The lowest BCUT2D eigenvalue weighted by Gasteiger charge is -2.18. The summed E-state index contributed by atoms with van der Waals surface area (Å²) in [5.74, 6) is -1.82. The topological polar surface area (TPSA) is 79.3 Å².